The lowest BCUT2D eigenvalue weighted by molar-refractivity contribution is -0.154. The van der Waals surface area contributed by atoms with E-state index in [0.29, 0.717) is 50.9 Å². The molecule has 6 nitrogen and oxygen atoms in total. The maximum Gasteiger partial charge on any atom is 0.312 e. The first-order valence-corrected chi connectivity index (χ1v) is 7.76. The van der Waals surface area contributed by atoms with E-state index in [9.17, 15) is 14.4 Å². The summed E-state index contributed by atoms with van der Waals surface area (Å²) in [6, 6.07) is 0. The number of nitrogens with two attached hydrogens (primary N) is 1. The summed E-state index contributed by atoms with van der Waals surface area (Å²) in [5, 5.41) is 0. The number of primary amides is 1. The monoisotopic (exact) mass is 295 g/mol. The highest BCUT2D eigenvalue weighted by molar-refractivity contribution is 6.34. The van der Waals surface area contributed by atoms with Crippen LogP contribution in [0.5, 0.6) is 0 Å². The average Bonchev–Trinajstić information content (AvgIpc) is 2.44. The maximum absolute atomic E-state index is 12.3. The lowest BCUT2D eigenvalue weighted by Crippen LogP contribution is -2.52. The van der Waals surface area contributed by atoms with E-state index in [1.165, 1.54) is 0 Å². The van der Waals surface area contributed by atoms with Gasteiger partial charge in [0.05, 0.1) is 0 Å². The van der Waals surface area contributed by atoms with Crippen LogP contribution in [0.3, 0.4) is 0 Å². The number of piperidine rings is 2. The SMILES string of the molecule is CC1CC(C)CN(C(=O)C(=O)N2CCC(C(N)=O)CC2)C1. The fraction of sp³-hybridized carbons (Fsp3) is 0.800. The lowest BCUT2D eigenvalue weighted by atomic mass is 9.91. The number of amides is 3. The third-order valence-electron chi connectivity index (χ3n) is 4.52. The molecule has 0 bridgehead atoms. The molecule has 2 heterocycles. The number of hydrogen-bond donors (Lipinski definition) is 1. The van der Waals surface area contributed by atoms with Gasteiger partial charge in [-0.15, -0.1) is 0 Å². The topological polar surface area (TPSA) is 83.7 Å². The second kappa shape index (κ2) is 6.45. The number of carbonyl (C=O) groups excluding carboxylic acids is 3. The molecule has 0 spiro atoms. The van der Waals surface area contributed by atoms with Gasteiger partial charge in [-0.3, -0.25) is 14.4 Å². The number of carbonyl (C=O) groups is 3. The number of nitrogens with zero attached hydrogens (tertiary/aromatic N) is 2. The Morgan fingerprint density at radius 2 is 1.38 bits per heavy atom. The molecule has 0 saturated carbocycles. The highest BCUT2D eigenvalue weighted by Gasteiger charge is 2.34. The van der Waals surface area contributed by atoms with Crippen molar-refractivity contribution < 1.29 is 14.4 Å². The van der Waals surface area contributed by atoms with Crippen molar-refractivity contribution in [2.24, 2.45) is 23.5 Å². The van der Waals surface area contributed by atoms with Gasteiger partial charge in [0.1, 0.15) is 0 Å². The fourth-order valence-electron chi connectivity index (χ4n) is 3.47. The van der Waals surface area contributed by atoms with E-state index in [2.05, 4.69) is 13.8 Å². The van der Waals surface area contributed by atoms with Crippen molar-refractivity contribution in [3.63, 3.8) is 0 Å². The van der Waals surface area contributed by atoms with Crippen LogP contribution in [0.25, 0.3) is 0 Å². The van der Waals surface area contributed by atoms with Crippen molar-refractivity contribution in [2.45, 2.75) is 33.1 Å². The summed E-state index contributed by atoms with van der Waals surface area (Å²) < 4.78 is 0. The van der Waals surface area contributed by atoms with Crippen LogP contribution in [0.4, 0.5) is 0 Å². The van der Waals surface area contributed by atoms with Gasteiger partial charge in [0, 0.05) is 32.1 Å². The summed E-state index contributed by atoms with van der Waals surface area (Å²) in [5.41, 5.74) is 5.28. The van der Waals surface area contributed by atoms with Crippen molar-refractivity contribution in [3.8, 4) is 0 Å². The summed E-state index contributed by atoms with van der Waals surface area (Å²) in [6.07, 6.45) is 2.21. The van der Waals surface area contributed by atoms with E-state index in [0.717, 1.165) is 6.42 Å². The van der Waals surface area contributed by atoms with E-state index in [1.54, 1.807) is 9.80 Å². The standard InChI is InChI=1S/C15H25N3O3/c1-10-7-11(2)9-18(8-10)15(21)14(20)17-5-3-12(4-6-17)13(16)19/h10-12H,3-9H2,1-2H3,(H2,16,19). The zero-order valence-electron chi connectivity index (χ0n) is 12.9. The van der Waals surface area contributed by atoms with Gasteiger partial charge < -0.3 is 15.5 Å². The summed E-state index contributed by atoms with van der Waals surface area (Å²) in [6.45, 7) is 6.42. The van der Waals surface area contributed by atoms with Crippen molar-refractivity contribution in [3.05, 3.63) is 0 Å². The predicted octanol–water partition coefficient (Wildman–Crippen LogP) is 0.215. The van der Waals surface area contributed by atoms with Crippen molar-refractivity contribution >= 4 is 17.7 Å². The summed E-state index contributed by atoms with van der Waals surface area (Å²) in [7, 11) is 0. The molecule has 2 unspecified atom stereocenters. The Balaban J connectivity index is 1.91. The maximum atomic E-state index is 12.3. The van der Waals surface area contributed by atoms with Crippen LogP contribution in [-0.2, 0) is 14.4 Å². The first-order chi connectivity index (χ1) is 9.88. The van der Waals surface area contributed by atoms with E-state index < -0.39 is 11.8 Å². The van der Waals surface area contributed by atoms with Crippen LogP contribution in [-0.4, -0.2) is 53.7 Å². The third-order valence-corrected chi connectivity index (χ3v) is 4.52. The number of rotatable bonds is 1. The molecule has 21 heavy (non-hydrogen) atoms. The van der Waals surface area contributed by atoms with E-state index >= 15 is 0 Å². The lowest BCUT2D eigenvalue weighted by Gasteiger charge is -2.36. The molecule has 2 aliphatic heterocycles. The van der Waals surface area contributed by atoms with E-state index in [1.807, 2.05) is 0 Å². The highest BCUT2D eigenvalue weighted by Crippen LogP contribution is 2.22. The smallest absolute Gasteiger partial charge is 0.312 e. The molecule has 118 valence electrons. The number of likely N-dealkylation sites (tertiary alicyclic amines) is 2. The Morgan fingerprint density at radius 1 is 0.905 bits per heavy atom. The van der Waals surface area contributed by atoms with Crippen molar-refractivity contribution in [2.75, 3.05) is 26.2 Å². The van der Waals surface area contributed by atoms with Crippen LogP contribution in [0.15, 0.2) is 0 Å². The average molecular weight is 295 g/mol. The molecule has 0 aromatic rings. The molecular formula is C15H25N3O3. The second-order valence-electron chi connectivity index (χ2n) is 6.63. The predicted molar refractivity (Wildman–Crippen MR) is 78.0 cm³/mol. The molecule has 2 saturated heterocycles. The summed E-state index contributed by atoms with van der Waals surface area (Å²) >= 11 is 0. The highest BCUT2D eigenvalue weighted by atomic mass is 16.2. The zero-order chi connectivity index (χ0) is 15.6. The van der Waals surface area contributed by atoms with Gasteiger partial charge in [0.15, 0.2) is 0 Å². The molecular weight excluding hydrogens is 270 g/mol. The minimum Gasteiger partial charge on any atom is -0.369 e. The second-order valence-corrected chi connectivity index (χ2v) is 6.63. The van der Waals surface area contributed by atoms with Gasteiger partial charge in [-0.2, -0.15) is 0 Å². The normalized spacial score (nSPS) is 27.5. The molecule has 3 amide bonds. The molecule has 0 aromatic heterocycles. The van der Waals surface area contributed by atoms with Crippen LogP contribution in [0, 0.1) is 17.8 Å². The first kappa shape index (κ1) is 15.8. The molecule has 0 aliphatic carbocycles. The first-order valence-electron chi connectivity index (χ1n) is 7.76. The van der Waals surface area contributed by atoms with Gasteiger partial charge in [0.2, 0.25) is 5.91 Å². The molecule has 2 atom stereocenters. The number of hydrogen-bond acceptors (Lipinski definition) is 3. The Kier molecular flexibility index (Phi) is 4.85. The van der Waals surface area contributed by atoms with Gasteiger partial charge in [-0.1, -0.05) is 13.8 Å². The molecule has 6 heteroatoms. The molecule has 2 fully saturated rings. The summed E-state index contributed by atoms with van der Waals surface area (Å²) in [5.74, 6) is -0.436. The van der Waals surface area contributed by atoms with Crippen molar-refractivity contribution in [1.29, 1.82) is 0 Å². The van der Waals surface area contributed by atoms with Gasteiger partial charge in [-0.05, 0) is 31.1 Å². The van der Waals surface area contributed by atoms with Crippen LogP contribution >= 0.6 is 0 Å². The fourth-order valence-corrected chi connectivity index (χ4v) is 3.47. The van der Waals surface area contributed by atoms with Crippen LogP contribution in [0.2, 0.25) is 0 Å². The minimum atomic E-state index is -0.431. The molecule has 0 aromatic carbocycles. The Morgan fingerprint density at radius 3 is 1.86 bits per heavy atom. The van der Waals surface area contributed by atoms with Crippen LogP contribution < -0.4 is 5.73 Å². The zero-order valence-corrected chi connectivity index (χ0v) is 12.9. The van der Waals surface area contributed by atoms with E-state index in [4.69, 9.17) is 5.73 Å². The van der Waals surface area contributed by atoms with Crippen LogP contribution in [0.1, 0.15) is 33.1 Å². The minimum absolute atomic E-state index is 0.167. The summed E-state index contributed by atoms with van der Waals surface area (Å²) in [4.78, 5) is 39.0. The Bertz CT molecular complexity index is 420. The Labute approximate surface area is 125 Å². The molecule has 2 rings (SSSR count). The Hall–Kier alpha value is -1.59. The molecule has 2 aliphatic rings. The third kappa shape index (κ3) is 3.74. The van der Waals surface area contributed by atoms with E-state index in [-0.39, 0.29) is 11.8 Å². The quantitative estimate of drug-likeness (QED) is 0.702. The molecule has 2 N–H and O–H groups in total. The van der Waals surface area contributed by atoms with Gasteiger partial charge >= 0.3 is 11.8 Å². The molecule has 0 radical (unpaired) electrons. The van der Waals surface area contributed by atoms with Gasteiger partial charge in [0.25, 0.3) is 0 Å². The largest absolute Gasteiger partial charge is 0.369 e. The van der Waals surface area contributed by atoms with Gasteiger partial charge in [-0.25, -0.2) is 0 Å². The van der Waals surface area contributed by atoms with Crippen molar-refractivity contribution in [1.82, 2.24) is 9.80 Å².